The zero-order valence-corrected chi connectivity index (χ0v) is 22.6. The fourth-order valence-corrected chi connectivity index (χ4v) is 4.82. The number of aryl methyl sites for hydroxylation is 3. The lowest BCUT2D eigenvalue weighted by molar-refractivity contribution is 0.0728. The lowest BCUT2D eigenvalue weighted by Gasteiger charge is -2.22. The maximum atomic E-state index is 13.2. The minimum absolute atomic E-state index is 0.0697. The van der Waals surface area contributed by atoms with Crippen molar-refractivity contribution in [2.45, 2.75) is 77.5 Å². The Morgan fingerprint density at radius 2 is 1.31 bits per heavy atom. The summed E-state index contributed by atoms with van der Waals surface area (Å²) in [5.74, 6) is 0.0273. The van der Waals surface area contributed by atoms with E-state index in [4.69, 9.17) is 4.74 Å². The zero-order chi connectivity index (χ0) is 25.6. The number of esters is 1. The molecule has 3 rings (SSSR count). The number of hydrogen-bond acceptors (Lipinski definition) is 4. The van der Waals surface area contributed by atoms with Crippen LogP contribution in [0.3, 0.4) is 0 Å². The molecule has 0 aliphatic heterocycles. The predicted octanol–water partition coefficient (Wildman–Crippen LogP) is 8.35. The predicted molar refractivity (Wildman–Crippen MR) is 146 cm³/mol. The van der Waals surface area contributed by atoms with Gasteiger partial charge in [-0.1, -0.05) is 89.9 Å². The Morgan fingerprint density at radius 3 is 1.80 bits per heavy atom. The average molecular weight is 489 g/mol. The molecule has 0 unspecified atom stereocenters. The molecule has 0 saturated carbocycles. The van der Waals surface area contributed by atoms with E-state index in [1.165, 1.54) is 11.1 Å². The number of carbonyl (C=O) groups excluding carboxylic acids is 2. The third-order valence-corrected chi connectivity index (χ3v) is 6.90. The van der Waals surface area contributed by atoms with Crippen molar-refractivity contribution >= 4 is 22.8 Å². The van der Waals surface area contributed by atoms with Gasteiger partial charge < -0.3 is 4.74 Å². The normalized spacial score (nSPS) is 11.4. The molecule has 3 aromatic rings. The third-order valence-electron chi connectivity index (χ3n) is 5.96. The molecule has 0 radical (unpaired) electrons. The van der Waals surface area contributed by atoms with E-state index >= 15 is 0 Å². The summed E-state index contributed by atoms with van der Waals surface area (Å²) in [6, 6.07) is 19.4. The van der Waals surface area contributed by atoms with Crippen LogP contribution in [0.5, 0.6) is 5.75 Å². The maximum Gasteiger partial charge on any atom is 0.343 e. The topological polar surface area (TPSA) is 43.4 Å². The molecule has 0 bridgehead atoms. The van der Waals surface area contributed by atoms with Crippen LogP contribution in [0, 0.1) is 6.92 Å². The van der Waals surface area contributed by atoms with E-state index in [-0.39, 0.29) is 10.5 Å². The van der Waals surface area contributed by atoms with Crippen LogP contribution >= 0.6 is 11.8 Å². The molecule has 0 saturated heterocycles. The van der Waals surface area contributed by atoms with Crippen LogP contribution in [0.15, 0.2) is 65.6 Å². The Bertz CT molecular complexity index is 1170. The molecule has 0 aliphatic carbocycles. The fourth-order valence-electron chi connectivity index (χ4n) is 3.88. The fraction of sp³-hybridized carbons (Fsp3) is 0.355. The molecular formula is C31H36O3S. The van der Waals surface area contributed by atoms with Gasteiger partial charge in [-0.2, -0.15) is 0 Å². The van der Waals surface area contributed by atoms with Gasteiger partial charge in [-0.25, -0.2) is 4.79 Å². The molecule has 0 amide bonds. The number of thioether (sulfide) groups is 1. The smallest absolute Gasteiger partial charge is 0.343 e. The van der Waals surface area contributed by atoms with Crippen molar-refractivity contribution in [2.24, 2.45) is 0 Å². The van der Waals surface area contributed by atoms with Crippen LogP contribution < -0.4 is 4.74 Å². The van der Waals surface area contributed by atoms with E-state index in [0.29, 0.717) is 21.8 Å². The summed E-state index contributed by atoms with van der Waals surface area (Å²) in [6.07, 6.45) is 4.09. The average Bonchev–Trinajstić information content (AvgIpc) is 2.81. The molecule has 0 aromatic heterocycles. The number of benzene rings is 3. The maximum absolute atomic E-state index is 13.2. The Labute approximate surface area is 214 Å². The molecule has 0 N–H and O–H groups in total. The molecule has 0 spiro atoms. The Morgan fingerprint density at radius 1 is 0.800 bits per heavy atom. The van der Waals surface area contributed by atoms with Crippen LogP contribution in [0.1, 0.15) is 90.4 Å². The van der Waals surface area contributed by atoms with Gasteiger partial charge in [0.25, 0.3) is 0 Å². The Hall–Kier alpha value is -2.85. The minimum Gasteiger partial charge on any atom is -0.421 e. The lowest BCUT2D eigenvalue weighted by atomic mass is 9.86. The number of carbonyl (C=O) groups is 2. The van der Waals surface area contributed by atoms with Gasteiger partial charge >= 0.3 is 5.97 Å². The van der Waals surface area contributed by atoms with Gasteiger partial charge in [0.1, 0.15) is 5.75 Å². The second-order valence-corrected chi connectivity index (χ2v) is 11.1. The highest BCUT2D eigenvalue weighted by molar-refractivity contribution is 8.14. The van der Waals surface area contributed by atoms with Crippen LogP contribution in [-0.2, 0) is 18.3 Å². The van der Waals surface area contributed by atoms with E-state index in [1.54, 1.807) is 0 Å². The molecule has 35 heavy (non-hydrogen) atoms. The molecular weight excluding hydrogens is 452 g/mol. The summed E-state index contributed by atoms with van der Waals surface area (Å²) >= 11 is 1.12. The molecule has 0 aliphatic rings. The van der Waals surface area contributed by atoms with E-state index in [2.05, 4.69) is 34.6 Å². The summed E-state index contributed by atoms with van der Waals surface area (Å²) in [6.45, 7) is 12.6. The molecule has 3 nitrogen and oxygen atoms in total. The van der Waals surface area contributed by atoms with Gasteiger partial charge in [0.2, 0.25) is 5.12 Å². The Kier molecular flexibility index (Phi) is 8.96. The highest BCUT2D eigenvalue weighted by Gasteiger charge is 2.23. The van der Waals surface area contributed by atoms with Gasteiger partial charge in [0, 0.05) is 5.56 Å². The first-order valence-electron chi connectivity index (χ1n) is 12.4. The van der Waals surface area contributed by atoms with Crippen molar-refractivity contribution in [3.63, 3.8) is 0 Å². The monoisotopic (exact) mass is 488 g/mol. The van der Waals surface area contributed by atoms with Crippen LogP contribution in [0.2, 0.25) is 0 Å². The highest BCUT2D eigenvalue weighted by Crippen LogP contribution is 2.39. The summed E-state index contributed by atoms with van der Waals surface area (Å²) in [4.78, 5) is 26.9. The summed E-state index contributed by atoms with van der Waals surface area (Å²) < 4.78 is 5.91. The highest BCUT2D eigenvalue weighted by atomic mass is 32.2. The summed E-state index contributed by atoms with van der Waals surface area (Å²) in [5, 5.41) is -0.0697. The van der Waals surface area contributed by atoms with E-state index < -0.39 is 5.97 Å². The van der Waals surface area contributed by atoms with Gasteiger partial charge in [-0.05, 0) is 77.4 Å². The van der Waals surface area contributed by atoms with Crippen molar-refractivity contribution in [3.8, 4) is 5.75 Å². The van der Waals surface area contributed by atoms with Crippen LogP contribution in [-0.4, -0.2) is 11.1 Å². The zero-order valence-electron chi connectivity index (χ0n) is 21.7. The van der Waals surface area contributed by atoms with E-state index in [9.17, 15) is 9.59 Å². The number of rotatable bonds is 8. The van der Waals surface area contributed by atoms with Gasteiger partial charge in [-0.15, -0.1) is 0 Å². The first-order valence-corrected chi connectivity index (χ1v) is 13.2. The van der Waals surface area contributed by atoms with Crippen molar-refractivity contribution < 1.29 is 14.3 Å². The molecule has 4 heteroatoms. The van der Waals surface area contributed by atoms with Crippen molar-refractivity contribution in [3.05, 3.63) is 94.0 Å². The second kappa shape index (κ2) is 11.7. The quantitative estimate of drug-likeness (QED) is 0.181. The lowest BCUT2D eigenvalue weighted by Crippen LogP contribution is -2.14. The standard InChI is InChI=1S/C31H36O3S/c1-7-9-22-11-15-24(16-12-22)29(32)34-28-21(3)19-26(31(4,5)6)20-27(28)35-30(33)25-17-13-23(10-8-2)14-18-25/h11-20H,7-10H2,1-6H3. The molecule has 3 aromatic carbocycles. The van der Waals surface area contributed by atoms with Crippen molar-refractivity contribution in [2.75, 3.05) is 0 Å². The van der Waals surface area contributed by atoms with E-state index in [1.807, 2.05) is 67.6 Å². The van der Waals surface area contributed by atoms with Crippen LogP contribution in [0.4, 0.5) is 0 Å². The minimum atomic E-state index is -0.419. The van der Waals surface area contributed by atoms with Gasteiger partial charge in [-0.3, -0.25) is 4.79 Å². The van der Waals surface area contributed by atoms with Gasteiger partial charge in [0.15, 0.2) is 0 Å². The molecule has 0 fully saturated rings. The third kappa shape index (κ3) is 7.08. The Balaban J connectivity index is 1.91. The number of hydrogen-bond donors (Lipinski definition) is 0. The van der Waals surface area contributed by atoms with Crippen molar-refractivity contribution in [1.82, 2.24) is 0 Å². The molecule has 0 atom stereocenters. The first-order chi connectivity index (χ1) is 16.6. The van der Waals surface area contributed by atoms with Crippen LogP contribution in [0.25, 0.3) is 0 Å². The largest absolute Gasteiger partial charge is 0.421 e. The van der Waals surface area contributed by atoms with Crippen molar-refractivity contribution in [1.29, 1.82) is 0 Å². The number of ether oxygens (including phenoxy) is 1. The van der Waals surface area contributed by atoms with Gasteiger partial charge in [0.05, 0.1) is 10.5 Å². The summed E-state index contributed by atoms with van der Waals surface area (Å²) in [7, 11) is 0. The summed E-state index contributed by atoms with van der Waals surface area (Å²) in [5.41, 5.74) is 5.37. The van der Waals surface area contributed by atoms with E-state index in [0.717, 1.165) is 48.6 Å². The SMILES string of the molecule is CCCc1ccc(C(=O)Oc2c(C)cc(C(C)(C)C)cc2SC(=O)c2ccc(CCC)cc2)cc1. The first kappa shape index (κ1) is 26.7. The second-order valence-electron chi connectivity index (χ2n) is 10.0. The molecule has 184 valence electrons. The molecule has 0 heterocycles.